The fourth-order valence-corrected chi connectivity index (χ4v) is 4.82. The summed E-state index contributed by atoms with van der Waals surface area (Å²) in [6.45, 7) is 0.926. The Morgan fingerprint density at radius 1 is 1.13 bits per heavy atom. The normalized spacial score (nSPS) is 15.4. The summed E-state index contributed by atoms with van der Waals surface area (Å²) in [5, 5.41) is 0. The van der Waals surface area contributed by atoms with Gasteiger partial charge in [0.1, 0.15) is 5.75 Å². The number of fused-ring (bicyclic) bond motifs is 1. The lowest BCUT2D eigenvalue weighted by molar-refractivity contribution is 0.0730. The number of oxazole rings is 1. The van der Waals surface area contributed by atoms with E-state index in [0.29, 0.717) is 30.0 Å². The standard InChI is InChI=1S/C20H20N2O7S/c1-27-18-5-3-2-4-15(18)17(23)13-22-16-7-6-14(12-19(16)29-20(22)24)30(25,26)21-8-10-28-11-9-21/h2-7,12H,8-11,13H2,1H3. The molecule has 0 atom stereocenters. The quantitative estimate of drug-likeness (QED) is 0.543. The van der Waals surface area contributed by atoms with Crippen molar-refractivity contribution in [2.75, 3.05) is 33.4 Å². The molecule has 2 heterocycles. The number of hydrogen-bond acceptors (Lipinski definition) is 7. The third kappa shape index (κ3) is 3.64. The van der Waals surface area contributed by atoms with Crippen LogP contribution in [0.25, 0.3) is 11.1 Å². The van der Waals surface area contributed by atoms with Crippen LogP contribution in [0, 0.1) is 0 Å². The number of ketones is 1. The van der Waals surface area contributed by atoms with Crippen LogP contribution in [0.3, 0.4) is 0 Å². The average Bonchev–Trinajstić information content (AvgIpc) is 3.08. The summed E-state index contributed by atoms with van der Waals surface area (Å²) in [7, 11) is -2.27. The molecule has 2 aromatic carbocycles. The number of sulfonamides is 1. The van der Waals surface area contributed by atoms with Gasteiger partial charge < -0.3 is 13.9 Å². The molecule has 30 heavy (non-hydrogen) atoms. The predicted molar refractivity (Wildman–Crippen MR) is 107 cm³/mol. The Morgan fingerprint density at radius 3 is 2.60 bits per heavy atom. The molecule has 1 aliphatic rings. The molecule has 1 saturated heterocycles. The Bertz CT molecular complexity index is 1250. The Labute approximate surface area is 172 Å². The number of methoxy groups -OCH3 is 1. The number of carbonyl (C=O) groups is 1. The SMILES string of the molecule is COc1ccccc1C(=O)Cn1c(=O)oc2cc(S(=O)(=O)N3CCOCC3)ccc21. The van der Waals surface area contributed by atoms with E-state index >= 15 is 0 Å². The van der Waals surface area contributed by atoms with Gasteiger partial charge in [0.05, 0.1) is 42.8 Å². The molecule has 4 rings (SSSR count). The molecule has 1 fully saturated rings. The Morgan fingerprint density at radius 2 is 1.87 bits per heavy atom. The number of ether oxygens (including phenoxy) is 2. The highest BCUT2D eigenvalue weighted by Crippen LogP contribution is 2.23. The van der Waals surface area contributed by atoms with Gasteiger partial charge in [-0.2, -0.15) is 4.31 Å². The van der Waals surface area contributed by atoms with Gasteiger partial charge in [-0.25, -0.2) is 13.2 Å². The maximum absolute atomic E-state index is 12.8. The van der Waals surface area contributed by atoms with E-state index in [9.17, 15) is 18.0 Å². The minimum Gasteiger partial charge on any atom is -0.496 e. The van der Waals surface area contributed by atoms with Crippen molar-refractivity contribution in [1.29, 1.82) is 0 Å². The lowest BCUT2D eigenvalue weighted by Gasteiger charge is -2.25. The van der Waals surface area contributed by atoms with E-state index in [2.05, 4.69) is 0 Å². The minimum absolute atomic E-state index is 0.0221. The predicted octanol–water partition coefficient (Wildman–Crippen LogP) is 1.51. The van der Waals surface area contributed by atoms with Gasteiger partial charge in [0.25, 0.3) is 0 Å². The number of rotatable bonds is 6. The smallest absolute Gasteiger partial charge is 0.420 e. The van der Waals surface area contributed by atoms with Crippen LogP contribution in [0.4, 0.5) is 0 Å². The van der Waals surface area contributed by atoms with E-state index in [0.717, 1.165) is 0 Å². The zero-order chi connectivity index (χ0) is 21.3. The van der Waals surface area contributed by atoms with E-state index in [1.54, 1.807) is 24.3 Å². The summed E-state index contributed by atoms with van der Waals surface area (Å²) in [6, 6.07) is 10.9. The molecular weight excluding hydrogens is 412 g/mol. The second kappa shape index (κ2) is 8.05. The van der Waals surface area contributed by atoms with E-state index in [-0.39, 0.29) is 35.9 Å². The molecule has 3 aromatic rings. The summed E-state index contributed by atoms with van der Waals surface area (Å²) in [5.41, 5.74) is 0.777. The number of hydrogen-bond donors (Lipinski definition) is 0. The molecule has 0 aliphatic carbocycles. The molecule has 9 nitrogen and oxygen atoms in total. The van der Waals surface area contributed by atoms with Crippen LogP contribution in [0.2, 0.25) is 0 Å². The molecule has 0 saturated carbocycles. The van der Waals surface area contributed by atoms with Crippen LogP contribution >= 0.6 is 0 Å². The van der Waals surface area contributed by atoms with Crippen molar-refractivity contribution in [2.45, 2.75) is 11.4 Å². The summed E-state index contributed by atoms with van der Waals surface area (Å²) in [5.74, 6) is -0.668. The molecular formula is C20H20N2O7S. The fourth-order valence-electron chi connectivity index (χ4n) is 3.40. The van der Waals surface area contributed by atoms with Crippen LogP contribution < -0.4 is 10.5 Å². The van der Waals surface area contributed by atoms with Gasteiger partial charge in [-0.1, -0.05) is 12.1 Å². The number of carbonyl (C=O) groups excluding carboxylic acids is 1. The first-order chi connectivity index (χ1) is 14.4. The maximum atomic E-state index is 12.8. The highest BCUT2D eigenvalue weighted by Gasteiger charge is 2.27. The number of para-hydroxylation sites is 1. The molecule has 0 N–H and O–H groups in total. The topological polar surface area (TPSA) is 108 Å². The van der Waals surface area contributed by atoms with Gasteiger partial charge in [-0.3, -0.25) is 9.36 Å². The summed E-state index contributed by atoms with van der Waals surface area (Å²) < 4.78 is 43.8. The number of Topliss-reactive ketones (excluding diaryl/α,β-unsaturated/α-hetero) is 1. The minimum atomic E-state index is -3.73. The first kappa shape index (κ1) is 20.3. The van der Waals surface area contributed by atoms with Gasteiger partial charge in [0.15, 0.2) is 11.4 Å². The van der Waals surface area contributed by atoms with E-state index in [1.807, 2.05) is 0 Å². The zero-order valence-corrected chi connectivity index (χ0v) is 17.1. The average molecular weight is 432 g/mol. The van der Waals surface area contributed by atoms with Crippen molar-refractivity contribution in [3.05, 3.63) is 58.6 Å². The van der Waals surface area contributed by atoms with Crippen molar-refractivity contribution in [3.63, 3.8) is 0 Å². The Balaban J connectivity index is 1.67. The van der Waals surface area contributed by atoms with Crippen LogP contribution in [0.5, 0.6) is 5.75 Å². The van der Waals surface area contributed by atoms with Crippen molar-refractivity contribution >= 4 is 26.9 Å². The zero-order valence-electron chi connectivity index (χ0n) is 16.2. The van der Waals surface area contributed by atoms with Crippen LogP contribution in [0.15, 0.2) is 56.6 Å². The maximum Gasteiger partial charge on any atom is 0.420 e. The van der Waals surface area contributed by atoms with Gasteiger partial charge in [0, 0.05) is 19.2 Å². The third-order valence-electron chi connectivity index (χ3n) is 4.96. The first-order valence-electron chi connectivity index (χ1n) is 9.29. The largest absolute Gasteiger partial charge is 0.496 e. The van der Waals surface area contributed by atoms with Crippen molar-refractivity contribution in [2.24, 2.45) is 0 Å². The van der Waals surface area contributed by atoms with Crippen LogP contribution in [0.1, 0.15) is 10.4 Å². The lowest BCUT2D eigenvalue weighted by atomic mass is 10.1. The number of benzene rings is 2. The number of morpholine rings is 1. The van der Waals surface area contributed by atoms with Crippen LogP contribution in [-0.2, 0) is 21.3 Å². The number of aromatic nitrogens is 1. The lowest BCUT2D eigenvalue weighted by Crippen LogP contribution is -2.40. The molecule has 1 aromatic heterocycles. The van der Waals surface area contributed by atoms with Crippen molar-refractivity contribution in [1.82, 2.24) is 8.87 Å². The summed E-state index contributed by atoms with van der Waals surface area (Å²) in [4.78, 5) is 25.1. The van der Waals surface area contributed by atoms with Crippen molar-refractivity contribution < 1.29 is 27.1 Å². The molecule has 10 heteroatoms. The van der Waals surface area contributed by atoms with Crippen molar-refractivity contribution in [3.8, 4) is 5.75 Å². The van der Waals surface area contributed by atoms with Gasteiger partial charge >= 0.3 is 5.76 Å². The van der Waals surface area contributed by atoms with Crippen LogP contribution in [-0.4, -0.2) is 56.5 Å². The molecule has 0 unspecified atom stereocenters. The third-order valence-corrected chi connectivity index (χ3v) is 6.85. The van der Waals surface area contributed by atoms with E-state index in [4.69, 9.17) is 13.9 Å². The first-order valence-corrected chi connectivity index (χ1v) is 10.7. The van der Waals surface area contributed by atoms with E-state index < -0.39 is 15.8 Å². The fraction of sp³-hybridized carbons (Fsp3) is 0.300. The van der Waals surface area contributed by atoms with Gasteiger partial charge in [-0.05, 0) is 24.3 Å². The Hall–Kier alpha value is -2.95. The summed E-state index contributed by atoms with van der Waals surface area (Å²) in [6.07, 6.45) is 0. The highest BCUT2D eigenvalue weighted by molar-refractivity contribution is 7.89. The van der Waals surface area contributed by atoms with E-state index in [1.165, 1.54) is 34.2 Å². The molecule has 1 aliphatic heterocycles. The molecule has 0 radical (unpaired) electrons. The Kier molecular flexibility index (Phi) is 5.46. The van der Waals surface area contributed by atoms with Gasteiger partial charge in [-0.15, -0.1) is 0 Å². The highest BCUT2D eigenvalue weighted by atomic mass is 32.2. The monoisotopic (exact) mass is 432 g/mol. The molecule has 158 valence electrons. The molecule has 0 amide bonds. The second-order valence-corrected chi connectivity index (χ2v) is 8.66. The molecule has 0 bridgehead atoms. The van der Waals surface area contributed by atoms with Gasteiger partial charge in [0.2, 0.25) is 10.0 Å². The summed E-state index contributed by atoms with van der Waals surface area (Å²) >= 11 is 0. The molecule has 0 spiro atoms. The second-order valence-electron chi connectivity index (χ2n) is 6.72. The number of nitrogens with zero attached hydrogens (tertiary/aromatic N) is 2.